The lowest BCUT2D eigenvalue weighted by Crippen LogP contribution is -2.27. The first-order chi connectivity index (χ1) is 9.35. The molecule has 9 heteroatoms. The van der Waals surface area contributed by atoms with Gasteiger partial charge in [0, 0.05) is 26.4 Å². The van der Waals surface area contributed by atoms with Gasteiger partial charge in [-0.25, -0.2) is 8.42 Å². The van der Waals surface area contributed by atoms with Crippen LogP contribution in [0.1, 0.15) is 13.8 Å². The zero-order valence-corrected chi connectivity index (χ0v) is 13.1. The number of anilines is 2. The van der Waals surface area contributed by atoms with Crippen LogP contribution in [0.2, 0.25) is 0 Å². The van der Waals surface area contributed by atoms with E-state index in [0.29, 0.717) is 31.6 Å². The summed E-state index contributed by atoms with van der Waals surface area (Å²) in [6, 6.07) is 0.222. The molecule has 1 heterocycles. The zero-order valence-electron chi connectivity index (χ0n) is 12.3. The fraction of sp³-hybridized carbons (Fsp3) is 0.727. The molecule has 0 fully saturated rings. The summed E-state index contributed by atoms with van der Waals surface area (Å²) < 4.78 is 27.7. The molecule has 8 nitrogen and oxygen atoms in total. The molecule has 0 unspecified atom stereocenters. The Balaban J connectivity index is 2.90. The summed E-state index contributed by atoms with van der Waals surface area (Å²) in [4.78, 5) is 14.1. The maximum Gasteiger partial charge on any atom is 0.323 e. The van der Waals surface area contributed by atoms with Crippen LogP contribution >= 0.6 is 0 Å². The lowest BCUT2D eigenvalue weighted by molar-refractivity contribution is 0.312. The minimum absolute atomic E-state index is 0.0374. The van der Waals surface area contributed by atoms with Crippen molar-refractivity contribution in [2.24, 2.45) is 0 Å². The number of aromatic nitrogens is 3. The largest absolute Gasteiger partial charge is 0.464 e. The van der Waals surface area contributed by atoms with E-state index in [0.717, 1.165) is 0 Å². The van der Waals surface area contributed by atoms with Crippen LogP contribution < -0.4 is 15.0 Å². The van der Waals surface area contributed by atoms with Crippen molar-refractivity contribution in [1.82, 2.24) is 15.0 Å². The molecule has 0 aliphatic heterocycles. The fourth-order valence-electron chi connectivity index (χ4n) is 1.35. The number of ether oxygens (including phenoxy) is 1. The summed E-state index contributed by atoms with van der Waals surface area (Å²) in [5.41, 5.74) is 0. The number of hydrogen-bond acceptors (Lipinski definition) is 8. The Bertz CT molecular complexity index is 511. The summed E-state index contributed by atoms with van der Waals surface area (Å²) in [6.07, 6.45) is 1.20. The van der Waals surface area contributed by atoms with Gasteiger partial charge in [-0.15, -0.1) is 0 Å². The van der Waals surface area contributed by atoms with E-state index in [1.54, 1.807) is 11.9 Å². The van der Waals surface area contributed by atoms with Gasteiger partial charge in [0.15, 0.2) is 0 Å². The van der Waals surface area contributed by atoms with Crippen molar-refractivity contribution in [2.45, 2.75) is 13.8 Å². The normalized spacial score (nSPS) is 11.2. The first kappa shape index (κ1) is 16.4. The second kappa shape index (κ2) is 7.22. The summed E-state index contributed by atoms with van der Waals surface area (Å²) in [5.74, 6) is 0.825. The third-order valence-corrected chi connectivity index (χ3v) is 3.27. The molecule has 1 aromatic rings. The van der Waals surface area contributed by atoms with Crippen molar-refractivity contribution >= 4 is 21.7 Å². The lowest BCUT2D eigenvalue weighted by Gasteiger charge is -2.17. The maximum atomic E-state index is 11.2. The Morgan fingerprint density at radius 3 is 2.50 bits per heavy atom. The van der Waals surface area contributed by atoms with Crippen LogP contribution in [-0.2, 0) is 9.84 Å². The summed E-state index contributed by atoms with van der Waals surface area (Å²) >= 11 is 0. The molecule has 1 aromatic heterocycles. The Morgan fingerprint density at radius 1 is 1.25 bits per heavy atom. The van der Waals surface area contributed by atoms with Gasteiger partial charge in [-0.3, -0.25) is 0 Å². The van der Waals surface area contributed by atoms with Crippen molar-refractivity contribution in [1.29, 1.82) is 0 Å². The Morgan fingerprint density at radius 2 is 1.95 bits per heavy atom. The van der Waals surface area contributed by atoms with E-state index in [-0.39, 0.29) is 11.8 Å². The van der Waals surface area contributed by atoms with E-state index in [1.807, 2.05) is 13.8 Å². The molecular weight excluding hydrogens is 282 g/mol. The maximum absolute atomic E-state index is 11.2. The van der Waals surface area contributed by atoms with E-state index >= 15 is 0 Å². The number of hydrogen-bond donors (Lipinski definition) is 1. The SMILES string of the molecule is CCNc1nc(OCC)nc(N(C)CCS(C)(=O)=O)n1. The minimum Gasteiger partial charge on any atom is -0.464 e. The van der Waals surface area contributed by atoms with E-state index in [1.165, 1.54) is 6.26 Å². The summed E-state index contributed by atoms with van der Waals surface area (Å²) in [5, 5.41) is 2.99. The fourth-order valence-corrected chi connectivity index (χ4v) is 1.96. The van der Waals surface area contributed by atoms with Gasteiger partial charge < -0.3 is 15.0 Å². The molecule has 0 aliphatic rings. The van der Waals surface area contributed by atoms with Crippen LogP contribution in [0.4, 0.5) is 11.9 Å². The molecular formula is C11H21N5O3S. The quantitative estimate of drug-likeness (QED) is 0.726. The predicted octanol–water partition coefficient (Wildman–Crippen LogP) is 0.183. The highest BCUT2D eigenvalue weighted by molar-refractivity contribution is 7.90. The van der Waals surface area contributed by atoms with Crippen LogP contribution in [0.3, 0.4) is 0 Å². The molecule has 0 aliphatic carbocycles. The van der Waals surface area contributed by atoms with Crippen molar-refractivity contribution in [2.75, 3.05) is 49.0 Å². The second-order valence-electron chi connectivity index (χ2n) is 4.26. The topological polar surface area (TPSA) is 97.3 Å². The minimum atomic E-state index is -3.03. The van der Waals surface area contributed by atoms with E-state index < -0.39 is 9.84 Å². The molecule has 0 atom stereocenters. The third kappa shape index (κ3) is 5.55. The van der Waals surface area contributed by atoms with Gasteiger partial charge in [-0.2, -0.15) is 15.0 Å². The van der Waals surface area contributed by atoms with Gasteiger partial charge in [0.25, 0.3) is 0 Å². The standard InChI is InChI=1S/C11H21N5O3S/c1-5-12-9-13-10(15-11(14-9)19-6-2)16(3)7-8-20(4,17)18/h5-8H2,1-4H3,(H,12,13,14,15). The van der Waals surface area contributed by atoms with Crippen molar-refractivity contribution in [3.63, 3.8) is 0 Å². The van der Waals surface area contributed by atoms with Gasteiger partial charge in [0.05, 0.1) is 12.4 Å². The first-order valence-corrected chi connectivity index (χ1v) is 8.43. The van der Waals surface area contributed by atoms with Crippen LogP contribution in [-0.4, -0.2) is 62.1 Å². The van der Waals surface area contributed by atoms with Crippen LogP contribution in [0.5, 0.6) is 6.01 Å². The smallest absolute Gasteiger partial charge is 0.323 e. The van der Waals surface area contributed by atoms with Crippen molar-refractivity contribution in [3.8, 4) is 6.01 Å². The molecule has 0 saturated carbocycles. The van der Waals surface area contributed by atoms with E-state index in [4.69, 9.17) is 4.74 Å². The highest BCUT2D eigenvalue weighted by Gasteiger charge is 2.12. The number of nitrogens with one attached hydrogen (secondary N) is 1. The molecule has 0 amide bonds. The van der Waals surface area contributed by atoms with Crippen molar-refractivity contribution in [3.05, 3.63) is 0 Å². The van der Waals surface area contributed by atoms with Gasteiger partial charge in [-0.05, 0) is 13.8 Å². The molecule has 0 bridgehead atoms. The van der Waals surface area contributed by atoms with Gasteiger partial charge >= 0.3 is 6.01 Å². The Labute approximate surface area is 119 Å². The number of sulfone groups is 1. The molecule has 0 saturated heterocycles. The van der Waals surface area contributed by atoms with E-state index in [9.17, 15) is 8.42 Å². The Kier molecular flexibility index (Phi) is 5.93. The third-order valence-electron chi connectivity index (χ3n) is 2.35. The molecule has 114 valence electrons. The molecule has 0 spiro atoms. The number of nitrogens with zero attached hydrogens (tertiary/aromatic N) is 4. The zero-order chi connectivity index (χ0) is 15.2. The van der Waals surface area contributed by atoms with Crippen molar-refractivity contribution < 1.29 is 13.2 Å². The van der Waals surface area contributed by atoms with Crippen LogP contribution in [0, 0.1) is 0 Å². The summed E-state index contributed by atoms with van der Waals surface area (Å²) in [7, 11) is -1.30. The molecule has 20 heavy (non-hydrogen) atoms. The lowest BCUT2D eigenvalue weighted by atomic mass is 10.6. The highest BCUT2D eigenvalue weighted by atomic mass is 32.2. The average molecular weight is 303 g/mol. The monoisotopic (exact) mass is 303 g/mol. The van der Waals surface area contributed by atoms with Crippen LogP contribution in [0.15, 0.2) is 0 Å². The van der Waals surface area contributed by atoms with Crippen LogP contribution in [0.25, 0.3) is 0 Å². The highest BCUT2D eigenvalue weighted by Crippen LogP contribution is 2.14. The summed E-state index contributed by atoms with van der Waals surface area (Å²) in [6.45, 7) is 5.19. The predicted molar refractivity (Wildman–Crippen MR) is 78.1 cm³/mol. The molecule has 0 radical (unpaired) electrons. The van der Waals surface area contributed by atoms with Gasteiger partial charge in [0.1, 0.15) is 9.84 Å². The first-order valence-electron chi connectivity index (χ1n) is 6.37. The molecule has 1 N–H and O–H groups in total. The molecule has 0 aromatic carbocycles. The van der Waals surface area contributed by atoms with Gasteiger partial charge in [-0.1, -0.05) is 0 Å². The average Bonchev–Trinajstić information content (AvgIpc) is 2.35. The van der Waals surface area contributed by atoms with E-state index in [2.05, 4.69) is 20.3 Å². The second-order valence-corrected chi connectivity index (χ2v) is 6.52. The number of rotatable bonds is 8. The van der Waals surface area contributed by atoms with Gasteiger partial charge in [0.2, 0.25) is 11.9 Å². The Hall–Kier alpha value is -1.64. The molecule has 1 rings (SSSR count).